The van der Waals surface area contributed by atoms with E-state index in [2.05, 4.69) is 0 Å². The maximum absolute atomic E-state index is 13.1. The van der Waals surface area contributed by atoms with Crippen LogP contribution in [0.3, 0.4) is 0 Å². The van der Waals surface area contributed by atoms with E-state index in [-0.39, 0.29) is 11.3 Å². The normalized spacial score (nSPS) is 17.5. The van der Waals surface area contributed by atoms with E-state index in [1.165, 1.54) is 19.1 Å². The van der Waals surface area contributed by atoms with Crippen molar-refractivity contribution in [1.29, 1.82) is 0 Å². The number of anilines is 1. The molecule has 6 nitrogen and oxygen atoms in total. The molecule has 0 saturated carbocycles. The lowest BCUT2D eigenvalue weighted by atomic mass is 9.94. The average Bonchev–Trinajstić information content (AvgIpc) is 3.09. The number of amides is 1. The molecule has 1 saturated heterocycles. The molecule has 1 amide bonds. The molecular weight excluding hydrogens is 430 g/mol. The highest BCUT2D eigenvalue weighted by Gasteiger charge is 2.47. The number of rotatable bonds is 5. The van der Waals surface area contributed by atoms with E-state index in [1.807, 2.05) is 6.07 Å². The maximum atomic E-state index is 13.1. The molecule has 3 aromatic rings. The molecule has 162 valence electrons. The summed E-state index contributed by atoms with van der Waals surface area (Å²) in [7, 11) is 3.03. The van der Waals surface area contributed by atoms with Gasteiger partial charge in [0.25, 0.3) is 11.7 Å². The van der Waals surface area contributed by atoms with E-state index in [0.29, 0.717) is 33.3 Å². The quantitative estimate of drug-likeness (QED) is 0.337. The van der Waals surface area contributed by atoms with Crippen LogP contribution in [0.5, 0.6) is 11.5 Å². The summed E-state index contributed by atoms with van der Waals surface area (Å²) in [4.78, 5) is 27.6. The van der Waals surface area contributed by atoms with Crippen LogP contribution >= 0.6 is 11.6 Å². The molecule has 7 heteroatoms. The fourth-order valence-electron chi connectivity index (χ4n) is 3.79. The molecular formula is C25H20ClNO5. The van der Waals surface area contributed by atoms with Crippen LogP contribution < -0.4 is 14.4 Å². The minimum atomic E-state index is -0.868. The number of carbonyl (C=O) groups excluding carboxylic acids is 2. The van der Waals surface area contributed by atoms with Gasteiger partial charge in [-0.3, -0.25) is 14.5 Å². The first-order valence-corrected chi connectivity index (χ1v) is 10.2. The molecule has 0 aliphatic carbocycles. The fourth-order valence-corrected chi connectivity index (χ4v) is 3.91. The summed E-state index contributed by atoms with van der Waals surface area (Å²) in [6, 6.07) is 19.5. The predicted octanol–water partition coefficient (Wildman–Crippen LogP) is 4.98. The second kappa shape index (κ2) is 8.77. The molecule has 0 bridgehead atoms. The van der Waals surface area contributed by atoms with E-state index in [1.54, 1.807) is 66.7 Å². The zero-order valence-corrected chi connectivity index (χ0v) is 18.2. The van der Waals surface area contributed by atoms with Crippen LogP contribution in [-0.4, -0.2) is 31.0 Å². The Labute approximate surface area is 190 Å². The third-order valence-corrected chi connectivity index (χ3v) is 5.57. The molecule has 0 aromatic heterocycles. The molecule has 0 unspecified atom stereocenters. The lowest BCUT2D eigenvalue weighted by molar-refractivity contribution is -0.132. The number of ketones is 1. The molecule has 0 spiro atoms. The first-order chi connectivity index (χ1) is 15.5. The summed E-state index contributed by atoms with van der Waals surface area (Å²) in [5.41, 5.74) is 1.48. The number of halogens is 1. The van der Waals surface area contributed by atoms with Crippen LogP contribution in [0.4, 0.5) is 5.69 Å². The predicted molar refractivity (Wildman–Crippen MR) is 122 cm³/mol. The van der Waals surface area contributed by atoms with Crippen LogP contribution in [0, 0.1) is 0 Å². The van der Waals surface area contributed by atoms with Crippen LogP contribution in [0.15, 0.2) is 78.4 Å². The molecule has 1 aliphatic rings. The largest absolute Gasteiger partial charge is 0.507 e. The molecule has 1 N–H and O–H groups in total. The smallest absolute Gasteiger partial charge is 0.300 e. The minimum Gasteiger partial charge on any atom is -0.507 e. The van der Waals surface area contributed by atoms with Crippen molar-refractivity contribution in [3.63, 3.8) is 0 Å². The fraction of sp³-hybridized carbons (Fsp3) is 0.120. The molecule has 4 rings (SSSR count). The molecule has 1 heterocycles. The summed E-state index contributed by atoms with van der Waals surface area (Å²) in [6.07, 6.45) is 0. The molecule has 3 aromatic carbocycles. The lowest BCUT2D eigenvalue weighted by Crippen LogP contribution is -2.29. The van der Waals surface area contributed by atoms with Crippen molar-refractivity contribution in [1.82, 2.24) is 0 Å². The van der Waals surface area contributed by atoms with Crippen molar-refractivity contribution >= 4 is 34.7 Å². The Morgan fingerprint density at radius 2 is 1.56 bits per heavy atom. The molecule has 1 aliphatic heterocycles. The second-order valence-electron chi connectivity index (χ2n) is 7.13. The number of methoxy groups -OCH3 is 2. The molecule has 1 fully saturated rings. The van der Waals surface area contributed by atoms with Gasteiger partial charge in [-0.25, -0.2) is 0 Å². The summed E-state index contributed by atoms with van der Waals surface area (Å²) in [5.74, 6) is -0.841. The van der Waals surface area contributed by atoms with Crippen molar-refractivity contribution in [2.45, 2.75) is 6.04 Å². The van der Waals surface area contributed by atoms with Gasteiger partial charge in [0.15, 0.2) is 11.5 Å². The van der Waals surface area contributed by atoms with Gasteiger partial charge < -0.3 is 14.6 Å². The highest BCUT2D eigenvalue weighted by atomic mass is 35.5. The zero-order valence-electron chi connectivity index (χ0n) is 17.4. The van der Waals surface area contributed by atoms with Gasteiger partial charge in [0.05, 0.1) is 25.8 Å². The number of ether oxygens (including phenoxy) is 2. The maximum Gasteiger partial charge on any atom is 0.300 e. The average molecular weight is 450 g/mol. The first-order valence-electron chi connectivity index (χ1n) is 9.80. The number of hydrogen-bond acceptors (Lipinski definition) is 5. The Morgan fingerprint density at radius 1 is 0.906 bits per heavy atom. The number of aliphatic hydroxyl groups is 1. The van der Waals surface area contributed by atoms with E-state index in [0.717, 1.165) is 0 Å². The SMILES string of the molecule is COc1ccc([C@H]2/C(=C(\O)c3ccc(Cl)cc3)C(=O)C(=O)N2c2ccccc2)cc1OC. The first kappa shape index (κ1) is 21.5. The Kier molecular flexibility index (Phi) is 5.88. The van der Waals surface area contributed by atoms with Gasteiger partial charge in [-0.15, -0.1) is 0 Å². The van der Waals surface area contributed by atoms with Crippen molar-refractivity contribution in [3.05, 3.63) is 94.5 Å². The van der Waals surface area contributed by atoms with Crippen molar-refractivity contribution in [2.24, 2.45) is 0 Å². The Bertz CT molecular complexity index is 1200. The van der Waals surface area contributed by atoms with Crippen LogP contribution in [0.1, 0.15) is 17.2 Å². The standard InChI is InChI=1S/C25H20ClNO5/c1-31-19-13-10-16(14-20(19)32-2)22-21(23(28)15-8-11-17(26)12-9-15)24(29)25(30)27(22)18-6-4-3-5-7-18/h3-14,22,28H,1-2H3/b23-21+/t22-/m0/s1. The van der Waals surface area contributed by atoms with E-state index in [9.17, 15) is 14.7 Å². The van der Waals surface area contributed by atoms with Crippen molar-refractivity contribution in [3.8, 4) is 11.5 Å². The van der Waals surface area contributed by atoms with E-state index < -0.39 is 17.7 Å². The Morgan fingerprint density at radius 3 is 2.19 bits per heavy atom. The number of benzene rings is 3. The van der Waals surface area contributed by atoms with Gasteiger partial charge in [-0.2, -0.15) is 0 Å². The highest BCUT2D eigenvalue weighted by Crippen LogP contribution is 2.44. The van der Waals surface area contributed by atoms with Crippen molar-refractivity contribution < 1.29 is 24.2 Å². The van der Waals surface area contributed by atoms with Gasteiger partial charge >= 0.3 is 0 Å². The summed E-state index contributed by atoms with van der Waals surface area (Å²) in [6.45, 7) is 0. The summed E-state index contributed by atoms with van der Waals surface area (Å²) in [5, 5.41) is 11.6. The van der Waals surface area contributed by atoms with Gasteiger partial charge in [-0.1, -0.05) is 35.9 Å². The van der Waals surface area contributed by atoms with Gasteiger partial charge in [0.2, 0.25) is 0 Å². The van der Waals surface area contributed by atoms with Gasteiger partial charge in [-0.05, 0) is 54.1 Å². The summed E-state index contributed by atoms with van der Waals surface area (Å²) >= 11 is 5.96. The minimum absolute atomic E-state index is 0.0200. The van der Waals surface area contributed by atoms with Crippen molar-refractivity contribution in [2.75, 3.05) is 19.1 Å². The van der Waals surface area contributed by atoms with Crippen LogP contribution in [0.2, 0.25) is 5.02 Å². The van der Waals surface area contributed by atoms with E-state index in [4.69, 9.17) is 21.1 Å². The van der Waals surface area contributed by atoms with Crippen LogP contribution in [-0.2, 0) is 9.59 Å². The molecule has 32 heavy (non-hydrogen) atoms. The third-order valence-electron chi connectivity index (χ3n) is 5.32. The number of nitrogens with zero attached hydrogens (tertiary/aromatic N) is 1. The molecule has 0 radical (unpaired) electrons. The monoisotopic (exact) mass is 449 g/mol. The summed E-state index contributed by atoms with van der Waals surface area (Å²) < 4.78 is 10.7. The molecule has 1 atom stereocenters. The van der Waals surface area contributed by atoms with Gasteiger partial charge in [0.1, 0.15) is 5.76 Å². The van der Waals surface area contributed by atoms with Gasteiger partial charge in [0, 0.05) is 16.3 Å². The number of para-hydroxylation sites is 1. The second-order valence-corrected chi connectivity index (χ2v) is 7.56. The zero-order chi connectivity index (χ0) is 22.8. The van der Waals surface area contributed by atoms with Crippen LogP contribution in [0.25, 0.3) is 5.76 Å². The number of aliphatic hydroxyl groups excluding tert-OH is 1. The Balaban J connectivity index is 1.96. The van der Waals surface area contributed by atoms with E-state index >= 15 is 0 Å². The number of hydrogen-bond donors (Lipinski definition) is 1. The number of carbonyl (C=O) groups is 2. The topological polar surface area (TPSA) is 76.1 Å². The lowest BCUT2D eigenvalue weighted by Gasteiger charge is -2.26. The third kappa shape index (κ3) is 3.69. The Hall–Kier alpha value is -3.77. The highest BCUT2D eigenvalue weighted by molar-refractivity contribution is 6.51. The number of Topliss-reactive ketones (excluding diaryl/α,β-unsaturated/α-hetero) is 1.